The zero-order valence-corrected chi connectivity index (χ0v) is 17.9. The molecular weight excluding hydrogens is 432 g/mol. The number of para-hydroxylation sites is 1. The second-order valence-electron chi connectivity index (χ2n) is 7.41. The van der Waals surface area contributed by atoms with Crippen LogP contribution in [-0.2, 0) is 11.3 Å². The van der Waals surface area contributed by atoms with Crippen LogP contribution in [0.4, 0.5) is 5.69 Å². The highest BCUT2D eigenvalue weighted by Gasteiger charge is 2.24. The lowest BCUT2D eigenvalue weighted by atomic mass is 10.1. The summed E-state index contributed by atoms with van der Waals surface area (Å²) >= 11 is 3.48. The number of nitrogens with one attached hydrogen (secondary N) is 1. The quantitative estimate of drug-likeness (QED) is 0.636. The van der Waals surface area contributed by atoms with Crippen LogP contribution < -0.4 is 5.32 Å². The number of piperidine rings is 1. The third-order valence-electron chi connectivity index (χ3n) is 5.20. The van der Waals surface area contributed by atoms with Crippen molar-refractivity contribution >= 4 is 44.3 Å². The van der Waals surface area contributed by atoms with Crippen LogP contribution in [0.25, 0.3) is 10.9 Å². The molecule has 1 aliphatic heterocycles. The molecule has 0 spiro atoms. The van der Waals surface area contributed by atoms with Crippen molar-refractivity contribution in [3.05, 3.63) is 58.2 Å². The van der Waals surface area contributed by atoms with Gasteiger partial charge in [0.05, 0.1) is 11.2 Å². The summed E-state index contributed by atoms with van der Waals surface area (Å²) in [5, 5.41) is 8.23. The van der Waals surface area contributed by atoms with Crippen LogP contribution in [0.2, 0.25) is 0 Å². The van der Waals surface area contributed by atoms with E-state index in [2.05, 4.69) is 26.3 Å². The largest absolute Gasteiger partial charge is 0.337 e. The lowest BCUT2D eigenvalue weighted by Crippen LogP contribution is -2.36. The molecule has 0 atom stereocenters. The fourth-order valence-corrected chi connectivity index (χ4v) is 4.29. The van der Waals surface area contributed by atoms with Crippen LogP contribution in [0.5, 0.6) is 0 Å². The summed E-state index contributed by atoms with van der Waals surface area (Å²) in [4.78, 5) is 27.5. The molecule has 1 saturated heterocycles. The number of fused-ring (bicyclic) bond motifs is 1. The Morgan fingerprint density at radius 1 is 1.10 bits per heavy atom. The number of carbonyl (C=O) groups is 2. The number of aryl methyl sites for hydroxylation is 1. The van der Waals surface area contributed by atoms with Crippen molar-refractivity contribution in [3.8, 4) is 0 Å². The zero-order chi connectivity index (χ0) is 20.4. The third-order valence-corrected chi connectivity index (χ3v) is 5.85. The smallest absolute Gasteiger partial charge is 0.275 e. The van der Waals surface area contributed by atoms with Gasteiger partial charge in [-0.15, -0.1) is 0 Å². The Balaban J connectivity index is 1.59. The molecule has 0 bridgehead atoms. The van der Waals surface area contributed by atoms with Gasteiger partial charge in [0.2, 0.25) is 5.91 Å². The summed E-state index contributed by atoms with van der Waals surface area (Å²) in [5.74, 6) is -0.249. The third kappa shape index (κ3) is 4.19. The van der Waals surface area contributed by atoms with Crippen LogP contribution in [0.1, 0.15) is 35.3 Å². The molecule has 150 valence electrons. The lowest BCUT2D eigenvalue weighted by molar-refractivity contribution is -0.116. The fraction of sp³-hybridized carbons (Fsp3) is 0.318. The second kappa shape index (κ2) is 8.37. The van der Waals surface area contributed by atoms with Gasteiger partial charge in [-0.3, -0.25) is 14.3 Å². The number of hydrogen-bond donors (Lipinski definition) is 1. The van der Waals surface area contributed by atoms with E-state index in [0.717, 1.165) is 53.3 Å². The van der Waals surface area contributed by atoms with Crippen LogP contribution in [0.3, 0.4) is 0 Å². The standard InChI is InChI=1S/C22H23BrN4O2/c1-15-9-10-18(17(23)13-15)24-20(28)14-27-19-8-4-3-7-16(19)21(25-27)22(29)26-11-5-2-6-12-26/h3-4,7-10,13H,2,5-6,11-12,14H2,1H3,(H,24,28). The maximum absolute atomic E-state index is 13.0. The molecule has 0 aliphatic carbocycles. The minimum Gasteiger partial charge on any atom is -0.337 e. The van der Waals surface area contributed by atoms with Gasteiger partial charge < -0.3 is 10.2 Å². The predicted molar refractivity (Wildman–Crippen MR) is 117 cm³/mol. The minimum atomic E-state index is -0.195. The first-order valence-electron chi connectivity index (χ1n) is 9.84. The minimum absolute atomic E-state index is 0.0358. The van der Waals surface area contributed by atoms with E-state index < -0.39 is 0 Å². The Morgan fingerprint density at radius 2 is 1.86 bits per heavy atom. The molecule has 6 nitrogen and oxygen atoms in total. The number of anilines is 1. The van der Waals surface area contributed by atoms with Gasteiger partial charge in [0, 0.05) is 22.9 Å². The highest BCUT2D eigenvalue weighted by Crippen LogP contribution is 2.24. The van der Waals surface area contributed by atoms with Crippen molar-refractivity contribution in [1.82, 2.24) is 14.7 Å². The first-order valence-corrected chi connectivity index (χ1v) is 10.6. The Labute approximate surface area is 178 Å². The molecule has 2 aromatic carbocycles. The van der Waals surface area contributed by atoms with E-state index >= 15 is 0 Å². The molecule has 1 aromatic heterocycles. The number of carbonyl (C=O) groups excluding carboxylic acids is 2. The Kier molecular flexibility index (Phi) is 5.67. The number of nitrogens with zero attached hydrogens (tertiary/aromatic N) is 3. The molecule has 2 heterocycles. The van der Waals surface area contributed by atoms with Crippen LogP contribution in [0, 0.1) is 6.92 Å². The summed E-state index contributed by atoms with van der Waals surface area (Å²) in [6.45, 7) is 3.56. The number of halogens is 1. The second-order valence-corrected chi connectivity index (χ2v) is 8.26. The highest BCUT2D eigenvalue weighted by molar-refractivity contribution is 9.10. The summed E-state index contributed by atoms with van der Waals surface area (Å²) in [6.07, 6.45) is 3.21. The Morgan fingerprint density at radius 3 is 2.62 bits per heavy atom. The van der Waals surface area contributed by atoms with E-state index in [4.69, 9.17) is 0 Å². The maximum atomic E-state index is 13.0. The van der Waals surface area contributed by atoms with Crippen molar-refractivity contribution in [2.75, 3.05) is 18.4 Å². The average Bonchev–Trinajstić information content (AvgIpc) is 3.09. The van der Waals surface area contributed by atoms with Crippen molar-refractivity contribution in [3.63, 3.8) is 0 Å². The SMILES string of the molecule is Cc1ccc(NC(=O)Cn2nc(C(=O)N3CCCCC3)c3ccccc32)c(Br)c1. The van der Waals surface area contributed by atoms with E-state index in [1.165, 1.54) is 0 Å². The van der Waals surface area contributed by atoms with Crippen LogP contribution >= 0.6 is 15.9 Å². The van der Waals surface area contributed by atoms with Crippen molar-refractivity contribution in [2.45, 2.75) is 32.7 Å². The van der Waals surface area contributed by atoms with Gasteiger partial charge >= 0.3 is 0 Å². The van der Waals surface area contributed by atoms with Crippen molar-refractivity contribution < 1.29 is 9.59 Å². The van der Waals surface area contributed by atoms with Gasteiger partial charge in [-0.05, 0) is 65.9 Å². The lowest BCUT2D eigenvalue weighted by Gasteiger charge is -2.25. The molecule has 3 aromatic rings. The number of rotatable bonds is 4. The molecule has 0 saturated carbocycles. The van der Waals surface area contributed by atoms with Gasteiger partial charge in [0.25, 0.3) is 5.91 Å². The number of amides is 2. The van der Waals surface area contributed by atoms with E-state index in [1.807, 2.05) is 54.3 Å². The van der Waals surface area contributed by atoms with Gasteiger partial charge in [-0.25, -0.2) is 0 Å². The van der Waals surface area contributed by atoms with Crippen molar-refractivity contribution in [2.24, 2.45) is 0 Å². The summed E-state index contributed by atoms with van der Waals surface area (Å²) in [5.41, 5.74) is 3.02. The maximum Gasteiger partial charge on any atom is 0.275 e. The number of likely N-dealkylation sites (tertiary alicyclic amines) is 1. The van der Waals surface area contributed by atoms with E-state index in [0.29, 0.717) is 11.4 Å². The Hall–Kier alpha value is -2.67. The average molecular weight is 455 g/mol. The van der Waals surface area contributed by atoms with E-state index in [-0.39, 0.29) is 18.4 Å². The molecule has 0 radical (unpaired) electrons. The number of aromatic nitrogens is 2. The highest BCUT2D eigenvalue weighted by atomic mass is 79.9. The molecule has 7 heteroatoms. The number of benzene rings is 2. The molecule has 0 unspecified atom stereocenters. The topological polar surface area (TPSA) is 67.2 Å². The molecule has 2 amide bonds. The monoisotopic (exact) mass is 454 g/mol. The van der Waals surface area contributed by atoms with Gasteiger partial charge in [-0.1, -0.05) is 24.3 Å². The van der Waals surface area contributed by atoms with E-state index in [9.17, 15) is 9.59 Å². The molecule has 29 heavy (non-hydrogen) atoms. The van der Waals surface area contributed by atoms with Gasteiger partial charge in [-0.2, -0.15) is 5.10 Å². The molecular formula is C22H23BrN4O2. The molecule has 1 fully saturated rings. The summed E-state index contributed by atoms with van der Waals surface area (Å²) in [7, 11) is 0. The summed E-state index contributed by atoms with van der Waals surface area (Å²) in [6, 6.07) is 13.3. The summed E-state index contributed by atoms with van der Waals surface area (Å²) < 4.78 is 2.45. The van der Waals surface area contributed by atoms with Gasteiger partial charge in [0.15, 0.2) is 5.69 Å². The zero-order valence-electron chi connectivity index (χ0n) is 16.3. The van der Waals surface area contributed by atoms with Gasteiger partial charge in [0.1, 0.15) is 6.54 Å². The molecule has 1 N–H and O–H groups in total. The molecule has 1 aliphatic rings. The predicted octanol–water partition coefficient (Wildman–Crippen LogP) is 4.37. The number of hydrogen-bond acceptors (Lipinski definition) is 3. The fourth-order valence-electron chi connectivity index (χ4n) is 3.70. The van der Waals surface area contributed by atoms with E-state index in [1.54, 1.807) is 4.68 Å². The van der Waals surface area contributed by atoms with Crippen LogP contribution in [-0.4, -0.2) is 39.6 Å². The normalized spacial score (nSPS) is 14.2. The Bertz CT molecular complexity index is 1070. The van der Waals surface area contributed by atoms with Crippen LogP contribution in [0.15, 0.2) is 46.9 Å². The van der Waals surface area contributed by atoms with Crippen molar-refractivity contribution in [1.29, 1.82) is 0 Å². The first kappa shape index (κ1) is 19.6. The first-order chi connectivity index (χ1) is 14.0. The molecule has 4 rings (SSSR count).